The maximum atomic E-state index is 11.9. The van der Waals surface area contributed by atoms with Crippen LogP contribution in [0.2, 0.25) is 0 Å². The molecule has 18 heavy (non-hydrogen) atoms. The normalized spacial score (nSPS) is 15.3. The van der Waals surface area contributed by atoms with Crippen molar-refractivity contribution < 1.29 is 14.6 Å². The number of rotatable bonds is 3. The van der Waals surface area contributed by atoms with Crippen molar-refractivity contribution in [1.82, 2.24) is 15.0 Å². The number of hydrogen-bond acceptors (Lipinski definition) is 5. The fraction of sp³-hybridized carbons (Fsp3) is 0.750. The molecule has 0 spiro atoms. The first-order chi connectivity index (χ1) is 8.13. The average Bonchev–Trinajstić information content (AvgIpc) is 2.56. The lowest BCUT2D eigenvalue weighted by molar-refractivity contribution is 0.00616. The molecule has 0 fully saturated rings. The molecule has 0 saturated heterocycles. The van der Waals surface area contributed by atoms with E-state index in [1.807, 2.05) is 6.92 Å². The summed E-state index contributed by atoms with van der Waals surface area (Å²) < 4.78 is 6.77. The third kappa shape index (κ3) is 3.29. The minimum Gasteiger partial charge on any atom is -0.455 e. The van der Waals surface area contributed by atoms with E-state index in [4.69, 9.17) is 4.74 Å². The number of aliphatic hydroxyl groups is 1. The Kier molecular flexibility index (Phi) is 4.11. The van der Waals surface area contributed by atoms with E-state index in [9.17, 15) is 9.90 Å². The SMILES string of the molecule is Cc1c(C(=O)OC(C)(C)C)nnn1C(C)C(C)O. The van der Waals surface area contributed by atoms with Gasteiger partial charge in [0.2, 0.25) is 0 Å². The van der Waals surface area contributed by atoms with Crippen molar-refractivity contribution in [2.45, 2.75) is 59.3 Å². The molecule has 102 valence electrons. The van der Waals surface area contributed by atoms with E-state index in [-0.39, 0.29) is 11.7 Å². The summed E-state index contributed by atoms with van der Waals surface area (Å²) in [6.07, 6.45) is -0.572. The predicted molar refractivity (Wildman–Crippen MR) is 66.3 cm³/mol. The smallest absolute Gasteiger partial charge is 0.361 e. The van der Waals surface area contributed by atoms with Crippen molar-refractivity contribution in [3.05, 3.63) is 11.4 Å². The van der Waals surface area contributed by atoms with E-state index < -0.39 is 17.7 Å². The van der Waals surface area contributed by atoms with Crippen LogP contribution in [0, 0.1) is 6.92 Å². The van der Waals surface area contributed by atoms with Crippen molar-refractivity contribution >= 4 is 5.97 Å². The minimum absolute atomic E-state index is 0.192. The van der Waals surface area contributed by atoms with Gasteiger partial charge in [0, 0.05) is 0 Å². The third-order valence-electron chi connectivity index (χ3n) is 2.60. The molecular weight excluding hydrogens is 234 g/mol. The average molecular weight is 255 g/mol. The molecule has 0 aliphatic rings. The molecule has 0 aliphatic carbocycles. The van der Waals surface area contributed by atoms with Crippen molar-refractivity contribution in [3.8, 4) is 0 Å². The molecule has 1 aromatic rings. The van der Waals surface area contributed by atoms with Gasteiger partial charge in [-0.25, -0.2) is 9.48 Å². The van der Waals surface area contributed by atoms with Gasteiger partial charge in [0.05, 0.1) is 17.8 Å². The summed E-state index contributed by atoms with van der Waals surface area (Å²) >= 11 is 0. The summed E-state index contributed by atoms with van der Waals surface area (Å²) in [4.78, 5) is 11.9. The lowest BCUT2D eigenvalue weighted by atomic mass is 10.2. The summed E-state index contributed by atoms with van der Waals surface area (Å²) in [5, 5.41) is 17.3. The van der Waals surface area contributed by atoms with Gasteiger partial charge in [-0.15, -0.1) is 5.10 Å². The molecule has 0 radical (unpaired) electrons. The Morgan fingerprint density at radius 1 is 1.39 bits per heavy atom. The standard InChI is InChI=1S/C12H21N3O3/c1-7(9(3)16)15-8(2)10(13-14-15)11(17)18-12(4,5)6/h7,9,16H,1-6H3. The molecule has 2 atom stereocenters. The fourth-order valence-electron chi connectivity index (χ4n) is 1.45. The summed E-state index contributed by atoms with van der Waals surface area (Å²) in [6, 6.07) is -0.242. The molecule has 1 N–H and O–H groups in total. The lowest BCUT2D eigenvalue weighted by Gasteiger charge is -2.19. The molecule has 0 saturated carbocycles. The summed E-state index contributed by atoms with van der Waals surface area (Å²) in [7, 11) is 0. The van der Waals surface area contributed by atoms with Gasteiger partial charge in [0.1, 0.15) is 5.60 Å². The molecule has 2 unspecified atom stereocenters. The van der Waals surface area contributed by atoms with Crippen LogP contribution in [0.25, 0.3) is 0 Å². The fourth-order valence-corrected chi connectivity index (χ4v) is 1.45. The van der Waals surface area contributed by atoms with Gasteiger partial charge in [-0.3, -0.25) is 0 Å². The summed E-state index contributed by atoms with van der Waals surface area (Å²) in [5.74, 6) is -0.496. The van der Waals surface area contributed by atoms with Gasteiger partial charge in [0.25, 0.3) is 0 Å². The molecule has 1 heterocycles. The van der Waals surface area contributed by atoms with Crippen LogP contribution < -0.4 is 0 Å². The number of ether oxygens (including phenoxy) is 1. The first kappa shape index (κ1) is 14.6. The van der Waals surface area contributed by atoms with Gasteiger partial charge >= 0.3 is 5.97 Å². The Morgan fingerprint density at radius 2 is 1.94 bits per heavy atom. The van der Waals surface area contributed by atoms with Crippen molar-refractivity contribution in [2.75, 3.05) is 0 Å². The number of aromatic nitrogens is 3. The van der Waals surface area contributed by atoms with E-state index in [1.54, 1.807) is 34.6 Å². The number of nitrogens with zero attached hydrogens (tertiary/aromatic N) is 3. The van der Waals surface area contributed by atoms with Crippen LogP contribution in [0.3, 0.4) is 0 Å². The van der Waals surface area contributed by atoms with E-state index in [1.165, 1.54) is 4.68 Å². The minimum atomic E-state index is -0.572. The number of esters is 1. The Labute approximate surface area is 107 Å². The molecule has 1 rings (SSSR count). The van der Waals surface area contributed by atoms with Crippen LogP contribution in [0.1, 0.15) is 56.8 Å². The Balaban J connectivity index is 2.97. The zero-order chi connectivity index (χ0) is 14.1. The van der Waals surface area contributed by atoms with Crippen LogP contribution in [0.4, 0.5) is 0 Å². The molecule has 0 amide bonds. The molecule has 0 aromatic carbocycles. The zero-order valence-electron chi connectivity index (χ0n) is 11.8. The Morgan fingerprint density at radius 3 is 2.39 bits per heavy atom. The van der Waals surface area contributed by atoms with Gasteiger partial charge in [-0.1, -0.05) is 5.21 Å². The number of hydrogen-bond donors (Lipinski definition) is 1. The van der Waals surface area contributed by atoms with Crippen molar-refractivity contribution in [1.29, 1.82) is 0 Å². The number of carbonyl (C=O) groups is 1. The lowest BCUT2D eigenvalue weighted by Crippen LogP contribution is -2.25. The van der Waals surface area contributed by atoms with Crippen LogP contribution in [0.5, 0.6) is 0 Å². The maximum Gasteiger partial charge on any atom is 0.361 e. The van der Waals surface area contributed by atoms with Crippen molar-refractivity contribution in [3.63, 3.8) is 0 Å². The maximum absolute atomic E-state index is 11.9. The molecule has 0 aliphatic heterocycles. The molecule has 0 bridgehead atoms. The second-order valence-corrected chi connectivity index (χ2v) is 5.45. The van der Waals surface area contributed by atoms with Crippen LogP contribution >= 0.6 is 0 Å². The molecule has 1 aromatic heterocycles. The topological polar surface area (TPSA) is 77.2 Å². The summed E-state index contributed by atoms with van der Waals surface area (Å²) in [6.45, 7) is 10.6. The Bertz CT molecular complexity index is 432. The van der Waals surface area contributed by atoms with Crippen LogP contribution in [-0.2, 0) is 4.74 Å². The molecule has 6 heteroatoms. The first-order valence-electron chi connectivity index (χ1n) is 5.96. The Hall–Kier alpha value is -1.43. The van der Waals surface area contributed by atoms with E-state index >= 15 is 0 Å². The van der Waals surface area contributed by atoms with Crippen molar-refractivity contribution in [2.24, 2.45) is 0 Å². The summed E-state index contributed by atoms with van der Waals surface area (Å²) in [5.41, 5.74) is 0.221. The van der Waals surface area contributed by atoms with E-state index in [0.717, 1.165) is 0 Å². The highest BCUT2D eigenvalue weighted by Crippen LogP contribution is 2.17. The third-order valence-corrected chi connectivity index (χ3v) is 2.60. The van der Waals surface area contributed by atoms with E-state index in [2.05, 4.69) is 10.3 Å². The second kappa shape index (κ2) is 5.06. The second-order valence-electron chi connectivity index (χ2n) is 5.45. The highest BCUT2D eigenvalue weighted by molar-refractivity contribution is 5.88. The molecule has 6 nitrogen and oxygen atoms in total. The van der Waals surface area contributed by atoms with Gasteiger partial charge in [0.15, 0.2) is 5.69 Å². The van der Waals surface area contributed by atoms with Crippen LogP contribution in [0.15, 0.2) is 0 Å². The van der Waals surface area contributed by atoms with Gasteiger partial charge in [-0.05, 0) is 41.5 Å². The molecular formula is C12H21N3O3. The van der Waals surface area contributed by atoms with Gasteiger partial charge < -0.3 is 9.84 Å². The quantitative estimate of drug-likeness (QED) is 0.828. The zero-order valence-corrected chi connectivity index (χ0v) is 11.8. The van der Waals surface area contributed by atoms with Gasteiger partial charge in [-0.2, -0.15) is 0 Å². The number of aliphatic hydroxyl groups excluding tert-OH is 1. The number of carbonyl (C=O) groups excluding carboxylic acids is 1. The van der Waals surface area contributed by atoms with Crippen LogP contribution in [-0.4, -0.2) is 37.8 Å². The first-order valence-corrected chi connectivity index (χ1v) is 5.96. The predicted octanol–water partition coefficient (Wildman–Crippen LogP) is 1.48. The van der Waals surface area contributed by atoms with E-state index in [0.29, 0.717) is 5.69 Å². The monoisotopic (exact) mass is 255 g/mol. The largest absolute Gasteiger partial charge is 0.455 e. The highest BCUT2D eigenvalue weighted by atomic mass is 16.6. The highest BCUT2D eigenvalue weighted by Gasteiger charge is 2.25.